The van der Waals surface area contributed by atoms with Crippen LogP contribution < -0.4 is 4.74 Å². The van der Waals surface area contributed by atoms with Gasteiger partial charge in [-0.05, 0) is 12.1 Å². The minimum absolute atomic E-state index is 0.00877. The summed E-state index contributed by atoms with van der Waals surface area (Å²) in [6, 6.07) is 9.31. The van der Waals surface area contributed by atoms with Crippen molar-refractivity contribution in [3.63, 3.8) is 0 Å². The van der Waals surface area contributed by atoms with Crippen LogP contribution in [0.3, 0.4) is 0 Å². The summed E-state index contributed by atoms with van der Waals surface area (Å²) in [5.41, 5.74) is 0. The predicted octanol–water partition coefficient (Wildman–Crippen LogP) is 0.914. The summed E-state index contributed by atoms with van der Waals surface area (Å²) >= 11 is 0. The number of benzene rings is 1. The summed E-state index contributed by atoms with van der Waals surface area (Å²) in [5, 5.41) is 3.89. The molecule has 0 aliphatic carbocycles. The highest BCUT2D eigenvalue weighted by Crippen LogP contribution is 2.16. The minimum atomic E-state index is -3.63. The van der Waals surface area contributed by atoms with Gasteiger partial charge in [0.15, 0.2) is 17.5 Å². The lowest BCUT2D eigenvalue weighted by Gasteiger charge is -2.24. The second-order valence-electron chi connectivity index (χ2n) is 6.11. The largest absolute Gasteiger partial charge is 0.484 e. The molecule has 0 spiro atoms. The summed E-state index contributed by atoms with van der Waals surface area (Å²) in [4.78, 5) is 8.28. The Morgan fingerprint density at radius 2 is 1.93 bits per heavy atom. The van der Waals surface area contributed by atoms with Crippen LogP contribution in [0.25, 0.3) is 0 Å². The van der Waals surface area contributed by atoms with E-state index in [-0.39, 0.29) is 18.2 Å². The van der Waals surface area contributed by atoms with Crippen LogP contribution in [0, 0.1) is 0 Å². The number of hydrogen-bond donors (Lipinski definition) is 0. The van der Waals surface area contributed by atoms with Gasteiger partial charge in [0.1, 0.15) is 5.75 Å². The van der Waals surface area contributed by atoms with Crippen molar-refractivity contribution in [3.8, 4) is 5.75 Å². The third-order valence-electron chi connectivity index (χ3n) is 4.12. The molecular weight excluding hydrogens is 386 g/mol. The molecule has 0 saturated carbocycles. The maximum atomic E-state index is 12.6. The lowest BCUT2D eigenvalue weighted by molar-refractivity contribution is 0.0729. The lowest BCUT2D eigenvalue weighted by Crippen LogP contribution is -2.40. The monoisotopic (exact) mass is 405 g/mol. The number of nitrogens with zero attached hydrogens (tertiary/aromatic N) is 5. The fraction of sp³-hybridized carbons (Fsp3) is 0.353. The number of imidazole rings is 1. The second kappa shape index (κ2) is 8.09. The van der Waals surface area contributed by atoms with E-state index in [9.17, 15) is 8.42 Å². The SMILES string of the molecule is O=S(=O)(c1cn(Cc2noc(COc3ccccc3)n2)cn1)N1CCOCC1. The number of hydrogen-bond acceptors (Lipinski definition) is 8. The Balaban J connectivity index is 1.38. The molecule has 3 heterocycles. The van der Waals surface area contributed by atoms with Crippen LogP contribution in [0.4, 0.5) is 0 Å². The number of aromatic nitrogens is 4. The number of sulfonamides is 1. The van der Waals surface area contributed by atoms with Gasteiger partial charge in [-0.25, -0.2) is 13.4 Å². The van der Waals surface area contributed by atoms with Crippen LogP contribution in [0.1, 0.15) is 11.7 Å². The first kappa shape index (κ1) is 18.6. The Labute approximate surface area is 161 Å². The van der Waals surface area contributed by atoms with Gasteiger partial charge in [0.2, 0.25) is 0 Å². The van der Waals surface area contributed by atoms with Crippen LogP contribution in [0.15, 0.2) is 52.4 Å². The molecule has 4 rings (SSSR count). The molecule has 2 aromatic heterocycles. The Morgan fingerprint density at radius 3 is 2.71 bits per heavy atom. The van der Waals surface area contributed by atoms with E-state index in [0.717, 1.165) is 0 Å². The summed E-state index contributed by atoms with van der Waals surface area (Å²) in [6.45, 7) is 1.81. The molecule has 0 N–H and O–H groups in total. The zero-order chi connectivity index (χ0) is 19.4. The molecule has 0 radical (unpaired) electrons. The van der Waals surface area contributed by atoms with Gasteiger partial charge in [0, 0.05) is 19.3 Å². The van der Waals surface area contributed by atoms with E-state index in [4.69, 9.17) is 14.0 Å². The smallest absolute Gasteiger partial charge is 0.264 e. The topological polar surface area (TPSA) is 113 Å². The molecule has 0 atom stereocenters. The number of rotatable bonds is 7. The van der Waals surface area contributed by atoms with Gasteiger partial charge in [-0.2, -0.15) is 9.29 Å². The van der Waals surface area contributed by atoms with E-state index in [1.54, 1.807) is 4.57 Å². The Hall–Kier alpha value is -2.76. The molecule has 0 bridgehead atoms. The van der Waals surface area contributed by atoms with Crippen molar-refractivity contribution < 1.29 is 22.4 Å². The van der Waals surface area contributed by atoms with E-state index in [1.807, 2.05) is 30.3 Å². The van der Waals surface area contributed by atoms with Crippen LogP contribution in [-0.4, -0.2) is 58.7 Å². The second-order valence-corrected chi connectivity index (χ2v) is 7.99. The van der Waals surface area contributed by atoms with E-state index in [0.29, 0.717) is 43.8 Å². The molecule has 0 amide bonds. The van der Waals surface area contributed by atoms with Gasteiger partial charge in [0.25, 0.3) is 15.9 Å². The molecule has 1 aliphatic heterocycles. The van der Waals surface area contributed by atoms with Gasteiger partial charge in [-0.3, -0.25) is 0 Å². The van der Waals surface area contributed by atoms with Crippen LogP contribution in [0.5, 0.6) is 5.75 Å². The van der Waals surface area contributed by atoms with E-state index >= 15 is 0 Å². The minimum Gasteiger partial charge on any atom is -0.484 e. The third kappa shape index (κ3) is 4.21. The van der Waals surface area contributed by atoms with Gasteiger partial charge in [0.05, 0.1) is 26.1 Å². The molecule has 10 nitrogen and oxygen atoms in total. The van der Waals surface area contributed by atoms with Gasteiger partial charge >= 0.3 is 0 Å². The number of para-hydroxylation sites is 1. The van der Waals surface area contributed by atoms with Crippen molar-refractivity contribution in [2.45, 2.75) is 18.2 Å². The first-order valence-corrected chi connectivity index (χ1v) is 10.1. The average Bonchev–Trinajstić information content (AvgIpc) is 3.38. The highest BCUT2D eigenvalue weighted by Gasteiger charge is 2.28. The van der Waals surface area contributed by atoms with E-state index in [1.165, 1.54) is 16.8 Å². The maximum Gasteiger partial charge on any atom is 0.264 e. The van der Waals surface area contributed by atoms with Crippen LogP contribution >= 0.6 is 0 Å². The average molecular weight is 405 g/mol. The first-order valence-electron chi connectivity index (χ1n) is 8.70. The molecule has 11 heteroatoms. The van der Waals surface area contributed by atoms with Gasteiger partial charge < -0.3 is 18.6 Å². The van der Waals surface area contributed by atoms with Gasteiger partial charge in [-0.15, -0.1) is 0 Å². The highest BCUT2D eigenvalue weighted by molar-refractivity contribution is 7.89. The molecule has 1 fully saturated rings. The summed E-state index contributed by atoms with van der Waals surface area (Å²) in [5.74, 6) is 1.44. The third-order valence-corrected chi connectivity index (χ3v) is 5.91. The zero-order valence-electron chi connectivity index (χ0n) is 15.0. The Bertz CT molecular complexity index is 1010. The molecule has 28 heavy (non-hydrogen) atoms. The quantitative estimate of drug-likeness (QED) is 0.570. The molecule has 148 valence electrons. The normalized spacial score (nSPS) is 15.6. The van der Waals surface area contributed by atoms with Gasteiger partial charge in [-0.1, -0.05) is 23.4 Å². The van der Waals surface area contributed by atoms with Crippen molar-refractivity contribution in [3.05, 3.63) is 54.6 Å². The molecular formula is C17H19N5O5S. The molecule has 3 aromatic rings. The zero-order valence-corrected chi connectivity index (χ0v) is 15.8. The molecule has 0 unspecified atom stereocenters. The molecule has 1 aromatic carbocycles. The van der Waals surface area contributed by atoms with Crippen molar-refractivity contribution in [2.75, 3.05) is 26.3 Å². The fourth-order valence-corrected chi connectivity index (χ4v) is 4.06. The van der Waals surface area contributed by atoms with Crippen molar-refractivity contribution in [1.29, 1.82) is 0 Å². The van der Waals surface area contributed by atoms with Crippen LogP contribution in [-0.2, 0) is 27.9 Å². The summed E-state index contributed by atoms with van der Waals surface area (Å²) in [6.07, 6.45) is 2.89. The number of ether oxygens (including phenoxy) is 2. The maximum absolute atomic E-state index is 12.6. The Kier molecular flexibility index (Phi) is 5.37. The van der Waals surface area contributed by atoms with E-state index < -0.39 is 10.0 Å². The Morgan fingerprint density at radius 1 is 1.14 bits per heavy atom. The lowest BCUT2D eigenvalue weighted by atomic mass is 10.3. The first-order chi connectivity index (χ1) is 13.6. The molecule has 1 aliphatic rings. The van der Waals surface area contributed by atoms with E-state index in [2.05, 4.69) is 15.1 Å². The van der Waals surface area contributed by atoms with Crippen molar-refractivity contribution in [2.24, 2.45) is 0 Å². The summed E-state index contributed by atoms with van der Waals surface area (Å²) in [7, 11) is -3.63. The standard InChI is InChI=1S/C17H19N5O5S/c23-28(24,22-6-8-25-9-7-22)17-11-21(13-18-17)10-15-19-16(27-20-15)12-26-14-4-2-1-3-5-14/h1-5,11,13H,6-10,12H2. The van der Waals surface area contributed by atoms with Crippen LogP contribution in [0.2, 0.25) is 0 Å². The van der Waals surface area contributed by atoms with Crippen molar-refractivity contribution >= 4 is 10.0 Å². The fourth-order valence-electron chi connectivity index (χ4n) is 2.72. The van der Waals surface area contributed by atoms with Crippen molar-refractivity contribution in [1.82, 2.24) is 24.0 Å². The summed E-state index contributed by atoms with van der Waals surface area (Å²) < 4.78 is 44.1. The molecule has 1 saturated heterocycles. The predicted molar refractivity (Wildman–Crippen MR) is 96.0 cm³/mol. The number of morpholine rings is 1. The highest BCUT2D eigenvalue weighted by atomic mass is 32.2.